The number of carbonyl (C=O) groups is 3. The molecule has 0 radical (unpaired) electrons. The predicted octanol–water partition coefficient (Wildman–Crippen LogP) is 0.625. The molecular formula is C18H26N4O3. The molecule has 0 atom stereocenters. The second-order valence-electron chi connectivity index (χ2n) is 6.56. The summed E-state index contributed by atoms with van der Waals surface area (Å²) in [5.74, 6) is -0.484. The molecule has 0 saturated carbocycles. The fraction of sp³-hybridized carbons (Fsp3) is 0.500. The van der Waals surface area contributed by atoms with E-state index >= 15 is 0 Å². The lowest BCUT2D eigenvalue weighted by Crippen LogP contribution is -2.44. The van der Waals surface area contributed by atoms with Crippen LogP contribution in [0, 0.1) is 0 Å². The zero-order valence-electron chi connectivity index (χ0n) is 14.8. The van der Waals surface area contributed by atoms with Crippen LogP contribution >= 0.6 is 0 Å². The van der Waals surface area contributed by atoms with Gasteiger partial charge in [-0.15, -0.1) is 0 Å². The van der Waals surface area contributed by atoms with Crippen LogP contribution in [0.4, 0.5) is 5.69 Å². The first kappa shape index (κ1) is 18.9. The molecule has 0 bridgehead atoms. The van der Waals surface area contributed by atoms with E-state index in [0.29, 0.717) is 13.0 Å². The van der Waals surface area contributed by atoms with Gasteiger partial charge >= 0.3 is 0 Å². The van der Waals surface area contributed by atoms with Crippen LogP contribution < -0.4 is 16.0 Å². The Kier molecular flexibility index (Phi) is 6.52. The van der Waals surface area contributed by atoms with Crippen molar-refractivity contribution in [2.24, 2.45) is 5.73 Å². The number of rotatable bonds is 8. The molecule has 3 amide bonds. The first-order chi connectivity index (χ1) is 11.9. The maximum absolute atomic E-state index is 12.1. The summed E-state index contributed by atoms with van der Waals surface area (Å²) < 4.78 is 0. The summed E-state index contributed by atoms with van der Waals surface area (Å²) in [5.41, 5.74) is 7.01. The van der Waals surface area contributed by atoms with Gasteiger partial charge in [-0.05, 0) is 38.0 Å². The summed E-state index contributed by atoms with van der Waals surface area (Å²) in [4.78, 5) is 38.6. The number of hydrogen-bond acceptors (Lipinski definition) is 4. The molecule has 1 fully saturated rings. The predicted molar refractivity (Wildman–Crippen MR) is 95.8 cm³/mol. The Morgan fingerprint density at radius 1 is 1.32 bits per heavy atom. The van der Waals surface area contributed by atoms with E-state index in [1.165, 1.54) is 0 Å². The van der Waals surface area contributed by atoms with Gasteiger partial charge in [-0.2, -0.15) is 0 Å². The Labute approximate surface area is 148 Å². The fourth-order valence-electron chi connectivity index (χ4n) is 2.82. The number of nitrogens with one attached hydrogen (secondary N) is 1. The van der Waals surface area contributed by atoms with Crippen LogP contribution in [-0.4, -0.2) is 48.3 Å². The van der Waals surface area contributed by atoms with Gasteiger partial charge in [0.15, 0.2) is 0 Å². The van der Waals surface area contributed by atoms with E-state index in [0.717, 1.165) is 24.2 Å². The number of nitrogens with two attached hydrogens (primary N) is 1. The topological polar surface area (TPSA) is 95.7 Å². The van der Waals surface area contributed by atoms with Crippen molar-refractivity contribution in [1.82, 2.24) is 10.2 Å². The molecule has 3 N–H and O–H groups in total. The highest BCUT2D eigenvalue weighted by atomic mass is 16.2. The summed E-state index contributed by atoms with van der Waals surface area (Å²) in [6.07, 6.45) is 1.47. The summed E-state index contributed by atoms with van der Waals surface area (Å²) >= 11 is 0. The van der Waals surface area contributed by atoms with Crippen molar-refractivity contribution < 1.29 is 14.4 Å². The van der Waals surface area contributed by atoms with Gasteiger partial charge in [-0.3, -0.25) is 19.3 Å². The van der Waals surface area contributed by atoms with Crippen molar-refractivity contribution in [3.8, 4) is 0 Å². The molecule has 1 aromatic carbocycles. The molecular weight excluding hydrogens is 320 g/mol. The second kappa shape index (κ2) is 8.62. The van der Waals surface area contributed by atoms with Crippen LogP contribution in [-0.2, 0) is 20.9 Å². The summed E-state index contributed by atoms with van der Waals surface area (Å²) in [7, 11) is 0. The average molecular weight is 346 g/mol. The van der Waals surface area contributed by atoms with Crippen molar-refractivity contribution in [3.63, 3.8) is 0 Å². The third kappa shape index (κ3) is 5.56. The zero-order chi connectivity index (χ0) is 18.4. The quantitative estimate of drug-likeness (QED) is 0.721. The van der Waals surface area contributed by atoms with Gasteiger partial charge in [0, 0.05) is 31.2 Å². The Morgan fingerprint density at radius 3 is 2.68 bits per heavy atom. The molecule has 1 saturated heterocycles. The monoisotopic (exact) mass is 346 g/mol. The lowest BCUT2D eigenvalue weighted by atomic mass is 10.2. The summed E-state index contributed by atoms with van der Waals surface area (Å²) in [6, 6.07) is 7.67. The number of hydrogen-bond donors (Lipinski definition) is 2. The van der Waals surface area contributed by atoms with E-state index < -0.39 is 5.91 Å². The molecule has 7 heteroatoms. The zero-order valence-corrected chi connectivity index (χ0v) is 14.8. The van der Waals surface area contributed by atoms with E-state index in [1.807, 2.05) is 38.1 Å². The van der Waals surface area contributed by atoms with Crippen molar-refractivity contribution in [2.45, 2.75) is 39.3 Å². The standard InChI is InChI=1S/C18H26N4O3/c1-13(2)21(11-16(19)23)12-17(24)20-10-14-5-3-6-15(9-14)22-8-4-7-18(22)25/h3,5-6,9,13H,4,7-8,10-12H2,1-2H3,(H2,19,23)(H,20,24). The highest BCUT2D eigenvalue weighted by Gasteiger charge is 2.21. The van der Waals surface area contributed by atoms with Gasteiger partial charge in [0.05, 0.1) is 13.1 Å². The maximum atomic E-state index is 12.1. The first-order valence-electron chi connectivity index (χ1n) is 8.55. The van der Waals surface area contributed by atoms with Crippen LogP contribution in [0.3, 0.4) is 0 Å². The van der Waals surface area contributed by atoms with Crippen molar-refractivity contribution >= 4 is 23.4 Å². The fourth-order valence-corrected chi connectivity index (χ4v) is 2.82. The van der Waals surface area contributed by atoms with E-state index in [4.69, 9.17) is 5.73 Å². The molecule has 0 unspecified atom stereocenters. The van der Waals surface area contributed by atoms with Crippen LogP contribution in [0.15, 0.2) is 24.3 Å². The minimum atomic E-state index is -0.454. The van der Waals surface area contributed by atoms with E-state index in [1.54, 1.807) is 9.80 Å². The number of carbonyl (C=O) groups excluding carboxylic acids is 3. The van der Waals surface area contributed by atoms with Crippen molar-refractivity contribution in [1.29, 1.82) is 0 Å². The summed E-state index contributed by atoms with van der Waals surface area (Å²) in [5, 5.41) is 2.85. The molecule has 0 aliphatic carbocycles. The molecule has 1 heterocycles. The van der Waals surface area contributed by atoms with Gasteiger partial charge in [0.25, 0.3) is 0 Å². The van der Waals surface area contributed by atoms with Crippen molar-refractivity contribution in [2.75, 3.05) is 24.5 Å². The third-order valence-corrected chi connectivity index (χ3v) is 4.22. The van der Waals surface area contributed by atoms with E-state index in [-0.39, 0.29) is 30.9 Å². The lowest BCUT2D eigenvalue weighted by molar-refractivity contribution is -0.124. The molecule has 0 spiro atoms. The smallest absolute Gasteiger partial charge is 0.234 e. The van der Waals surface area contributed by atoms with Crippen LogP contribution in [0.2, 0.25) is 0 Å². The van der Waals surface area contributed by atoms with Gasteiger partial charge in [0.1, 0.15) is 0 Å². The minimum absolute atomic E-state index is 0.0442. The third-order valence-electron chi connectivity index (χ3n) is 4.22. The Bertz CT molecular complexity index is 645. The molecule has 0 aromatic heterocycles. The van der Waals surface area contributed by atoms with Crippen LogP contribution in [0.1, 0.15) is 32.3 Å². The highest BCUT2D eigenvalue weighted by molar-refractivity contribution is 5.95. The van der Waals surface area contributed by atoms with Crippen LogP contribution in [0.5, 0.6) is 0 Å². The van der Waals surface area contributed by atoms with Gasteiger partial charge in [-0.25, -0.2) is 0 Å². The molecule has 7 nitrogen and oxygen atoms in total. The number of amides is 3. The molecule has 25 heavy (non-hydrogen) atoms. The van der Waals surface area contributed by atoms with Gasteiger partial charge in [0.2, 0.25) is 17.7 Å². The molecule has 1 aromatic rings. The Hall–Kier alpha value is -2.41. The van der Waals surface area contributed by atoms with Crippen molar-refractivity contribution in [3.05, 3.63) is 29.8 Å². The van der Waals surface area contributed by atoms with E-state index in [9.17, 15) is 14.4 Å². The molecule has 2 rings (SSSR count). The second-order valence-corrected chi connectivity index (χ2v) is 6.56. The van der Waals surface area contributed by atoms with Crippen LogP contribution in [0.25, 0.3) is 0 Å². The van der Waals surface area contributed by atoms with Gasteiger partial charge < -0.3 is 16.0 Å². The molecule has 1 aliphatic rings. The Morgan fingerprint density at radius 2 is 2.08 bits per heavy atom. The number of benzene rings is 1. The minimum Gasteiger partial charge on any atom is -0.369 e. The maximum Gasteiger partial charge on any atom is 0.234 e. The first-order valence-corrected chi connectivity index (χ1v) is 8.55. The normalized spacial score (nSPS) is 14.4. The average Bonchev–Trinajstić information content (AvgIpc) is 2.98. The number of anilines is 1. The summed E-state index contributed by atoms with van der Waals surface area (Å²) in [6.45, 7) is 5.10. The SMILES string of the molecule is CC(C)N(CC(N)=O)CC(=O)NCc1cccc(N2CCCC2=O)c1. The number of nitrogens with zero attached hydrogens (tertiary/aromatic N) is 2. The van der Waals surface area contributed by atoms with E-state index in [2.05, 4.69) is 5.32 Å². The van der Waals surface area contributed by atoms with Gasteiger partial charge in [-0.1, -0.05) is 12.1 Å². The highest BCUT2D eigenvalue weighted by Crippen LogP contribution is 2.22. The Balaban J connectivity index is 1.91. The lowest BCUT2D eigenvalue weighted by Gasteiger charge is -2.24. The molecule has 1 aliphatic heterocycles. The molecule has 136 valence electrons. The largest absolute Gasteiger partial charge is 0.369 e. The number of primary amides is 1.